The predicted molar refractivity (Wildman–Crippen MR) is 137 cm³/mol. The Morgan fingerprint density at radius 3 is 2.29 bits per heavy atom. The van der Waals surface area contributed by atoms with Gasteiger partial charge in [0.25, 0.3) is 11.7 Å². The van der Waals surface area contributed by atoms with E-state index in [0.29, 0.717) is 29.5 Å². The molecular formula is C28H29NO4S. The Morgan fingerprint density at radius 2 is 1.71 bits per heavy atom. The van der Waals surface area contributed by atoms with Crippen LogP contribution in [0.4, 0.5) is 5.69 Å². The summed E-state index contributed by atoms with van der Waals surface area (Å²) in [5, 5.41) is 13.2. The third-order valence-corrected chi connectivity index (χ3v) is 7.15. The number of benzene rings is 2. The molecule has 1 aromatic heterocycles. The number of carbonyl (C=O) groups is 2. The first-order valence-electron chi connectivity index (χ1n) is 11.3. The largest absolute Gasteiger partial charge is 0.507 e. The van der Waals surface area contributed by atoms with E-state index in [4.69, 9.17) is 4.74 Å². The summed E-state index contributed by atoms with van der Waals surface area (Å²) in [6.45, 7) is 10.7. The fourth-order valence-corrected chi connectivity index (χ4v) is 5.04. The monoisotopic (exact) mass is 475 g/mol. The zero-order valence-corrected chi connectivity index (χ0v) is 20.9. The van der Waals surface area contributed by atoms with Crippen LogP contribution in [0.5, 0.6) is 5.75 Å². The second-order valence-corrected chi connectivity index (χ2v) is 10.1. The lowest BCUT2D eigenvalue weighted by Gasteiger charge is -2.25. The zero-order chi connectivity index (χ0) is 24.6. The molecule has 4 rings (SSSR count). The van der Waals surface area contributed by atoms with Crippen LogP contribution < -0.4 is 9.64 Å². The minimum atomic E-state index is -0.695. The van der Waals surface area contributed by atoms with Crippen LogP contribution in [0.2, 0.25) is 0 Å². The normalized spacial score (nSPS) is 17.6. The number of carbonyl (C=O) groups excluding carboxylic acids is 2. The van der Waals surface area contributed by atoms with Gasteiger partial charge in [-0.3, -0.25) is 14.5 Å². The summed E-state index contributed by atoms with van der Waals surface area (Å²) in [5.74, 6) is -0.430. The van der Waals surface area contributed by atoms with E-state index in [1.165, 1.54) is 16.2 Å². The molecule has 1 aliphatic rings. The van der Waals surface area contributed by atoms with Crippen molar-refractivity contribution in [1.82, 2.24) is 0 Å². The molecule has 1 aliphatic heterocycles. The van der Waals surface area contributed by atoms with E-state index in [9.17, 15) is 14.7 Å². The van der Waals surface area contributed by atoms with Crippen molar-refractivity contribution < 1.29 is 19.4 Å². The Kier molecular flexibility index (Phi) is 6.62. The molecule has 1 unspecified atom stereocenters. The number of aliphatic hydroxyl groups excluding tert-OH is 1. The van der Waals surface area contributed by atoms with Gasteiger partial charge in [-0.05, 0) is 91.2 Å². The number of hydrogen-bond acceptors (Lipinski definition) is 5. The second kappa shape index (κ2) is 9.47. The fraction of sp³-hybridized carbons (Fsp3) is 0.286. The van der Waals surface area contributed by atoms with Gasteiger partial charge in [0.1, 0.15) is 17.6 Å². The smallest absolute Gasteiger partial charge is 0.300 e. The average Bonchev–Trinajstić information content (AvgIpc) is 3.34. The van der Waals surface area contributed by atoms with Crippen molar-refractivity contribution in [1.29, 1.82) is 0 Å². The summed E-state index contributed by atoms with van der Waals surface area (Å²) in [6, 6.07) is 13.9. The number of aryl methyl sites for hydroxylation is 3. The van der Waals surface area contributed by atoms with Crippen LogP contribution in [-0.4, -0.2) is 23.4 Å². The molecule has 1 saturated heterocycles. The number of Topliss-reactive ketones (excluding diaryl/α,β-unsaturated/α-hetero) is 1. The lowest BCUT2D eigenvalue weighted by Crippen LogP contribution is -2.29. The van der Waals surface area contributed by atoms with Crippen molar-refractivity contribution in [3.05, 3.63) is 86.6 Å². The highest BCUT2D eigenvalue weighted by Crippen LogP contribution is 2.45. The number of aliphatic hydroxyl groups is 1. The fourth-order valence-electron chi connectivity index (χ4n) is 4.01. The van der Waals surface area contributed by atoms with Crippen LogP contribution in [0.25, 0.3) is 5.76 Å². The van der Waals surface area contributed by atoms with Crippen LogP contribution in [-0.2, 0) is 9.59 Å². The van der Waals surface area contributed by atoms with Gasteiger partial charge < -0.3 is 9.84 Å². The molecule has 6 heteroatoms. The van der Waals surface area contributed by atoms with E-state index in [1.54, 1.807) is 24.3 Å². The molecule has 34 heavy (non-hydrogen) atoms. The van der Waals surface area contributed by atoms with E-state index >= 15 is 0 Å². The van der Waals surface area contributed by atoms with Crippen LogP contribution in [0, 0.1) is 26.7 Å². The van der Waals surface area contributed by atoms with Crippen molar-refractivity contribution in [2.75, 3.05) is 11.5 Å². The standard InChI is InChI=1S/C28H29NO4S/c1-16(2)15-33-22-10-7-20(8-11-22)25(30)23-24(27-18(4)12-13-34-27)29(28(32)26(23)31)21-9-6-17(3)19(5)14-21/h6-14,16,24,30H,15H2,1-5H3/b25-23-. The molecule has 0 aliphatic carbocycles. The molecule has 1 atom stereocenters. The second-order valence-electron chi connectivity index (χ2n) is 9.13. The topological polar surface area (TPSA) is 66.8 Å². The molecule has 1 N–H and O–H groups in total. The van der Waals surface area contributed by atoms with Crippen molar-refractivity contribution in [3.8, 4) is 5.75 Å². The number of rotatable bonds is 6. The molecule has 3 aromatic rings. The lowest BCUT2D eigenvalue weighted by atomic mass is 9.98. The third-order valence-electron chi connectivity index (χ3n) is 6.07. The van der Waals surface area contributed by atoms with E-state index in [1.807, 2.05) is 50.4 Å². The molecule has 0 saturated carbocycles. The highest BCUT2D eigenvalue weighted by molar-refractivity contribution is 7.10. The van der Waals surface area contributed by atoms with Crippen molar-refractivity contribution >= 4 is 34.5 Å². The Morgan fingerprint density at radius 1 is 1.00 bits per heavy atom. The molecular weight excluding hydrogens is 446 g/mol. The van der Waals surface area contributed by atoms with Crippen molar-refractivity contribution in [2.24, 2.45) is 5.92 Å². The maximum atomic E-state index is 13.3. The first-order chi connectivity index (χ1) is 16.2. The number of ketones is 1. The number of amides is 1. The molecule has 0 radical (unpaired) electrons. The summed E-state index contributed by atoms with van der Waals surface area (Å²) in [6.07, 6.45) is 0. The maximum absolute atomic E-state index is 13.3. The van der Waals surface area contributed by atoms with Crippen molar-refractivity contribution in [3.63, 3.8) is 0 Å². The summed E-state index contributed by atoms with van der Waals surface area (Å²) < 4.78 is 5.73. The van der Waals surface area contributed by atoms with Gasteiger partial charge in [-0.25, -0.2) is 0 Å². The predicted octanol–water partition coefficient (Wildman–Crippen LogP) is 6.33. The van der Waals surface area contributed by atoms with Gasteiger partial charge in [-0.2, -0.15) is 0 Å². The molecule has 0 bridgehead atoms. The van der Waals surface area contributed by atoms with Gasteiger partial charge in [-0.1, -0.05) is 19.9 Å². The molecule has 5 nitrogen and oxygen atoms in total. The summed E-state index contributed by atoms with van der Waals surface area (Å²) >= 11 is 1.47. The van der Waals surface area contributed by atoms with Gasteiger partial charge in [0.05, 0.1) is 12.2 Å². The quantitative estimate of drug-likeness (QED) is 0.257. The van der Waals surface area contributed by atoms with Crippen LogP contribution in [0.3, 0.4) is 0 Å². The van der Waals surface area contributed by atoms with Crippen molar-refractivity contribution in [2.45, 2.75) is 40.7 Å². The average molecular weight is 476 g/mol. The van der Waals surface area contributed by atoms with Gasteiger partial charge in [-0.15, -0.1) is 11.3 Å². The summed E-state index contributed by atoms with van der Waals surface area (Å²) in [7, 11) is 0. The first kappa shape index (κ1) is 23.8. The van der Waals surface area contributed by atoms with E-state index in [-0.39, 0.29) is 11.3 Å². The molecule has 2 heterocycles. The van der Waals surface area contributed by atoms with Gasteiger partial charge in [0, 0.05) is 16.1 Å². The highest BCUT2D eigenvalue weighted by atomic mass is 32.1. The zero-order valence-electron chi connectivity index (χ0n) is 20.1. The Bertz CT molecular complexity index is 1270. The summed E-state index contributed by atoms with van der Waals surface area (Å²) in [5.41, 5.74) is 4.30. The van der Waals surface area contributed by atoms with Gasteiger partial charge in [0.2, 0.25) is 0 Å². The maximum Gasteiger partial charge on any atom is 0.300 e. The SMILES string of the molecule is Cc1ccc(N2C(=O)C(=O)/C(=C(\O)c3ccc(OCC(C)C)cc3)C2c2sccc2C)cc1C. The number of nitrogens with zero attached hydrogens (tertiary/aromatic N) is 1. The van der Waals surface area contributed by atoms with E-state index in [0.717, 1.165) is 21.6 Å². The molecule has 1 fully saturated rings. The molecule has 1 amide bonds. The molecule has 2 aromatic carbocycles. The number of ether oxygens (including phenoxy) is 1. The third kappa shape index (κ3) is 4.38. The minimum absolute atomic E-state index is 0.102. The Hall–Kier alpha value is -3.38. The number of thiophene rings is 1. The van der Waals surface area contributed by atoms with E-state index < -0.39 is 17.7 Å². The number of anilines is 1. The van der Waals surface area contributed by atoms with E-state index in [2.05, 4.69) is 13.8 Å². The Labute approximate surface area is 204 Å². The minimum Gasteiger partial charge on any atom is -0.507 e. The van der Waals surface area contributed by atoms with Crippen LogP contribution in [0.15, 0.2) is 59.5 Å². The number of hydrogen-bond donors (Lipinski definition) is 1. The van der Waals surface area contributed by atoms with Gasteiger partial charge >= 0.3 is 0 Å². The Balaban J connectivity index is 1.82. The first-order valence-corrected chi connectivity index (χ1v) is 12.2. The molecule has 0 spiro atoms. The van der Waals surface area contributed by atoms with Crippen LogP contribution in [0.1, 0.15) is 47.0 Å². The highest BCUT2D eigenvalue weighted by Gasteiger charge is 2.48. The van der Waals surface area contributed by atoms with Crippen LogP contribution >= 0.6 is 11.3 Å². The lowest BCUT2D eigenvalue weighted by molar-refractivity contribution is -0.132. The molecule has 176 valence electrons. The van der Waals surface area contributed by atoms with Gasteiger partial charge in [0.15, 0.2) is 0 Å². The summed E-state index contributed by atoms with van der Waals surface area (Å²) in [4.78, 5) is 28.9.